The molecule has 0 saturated carbocycles. The highest BCUT2D eigenvalue weighted by Crippen LogP contribution is 2.26. The topological polar surface area (TPSA) is 54.9 Å². The van der Waals surface area contributed by atoms with Crippen LogP contribution in [0.3, 0.4) is 0 Å². The van der Waals surface area contributed by atoms with Crippen LogP contribution in [0.15, 0.2) is 35.8 Å². The highest BCUT2D eigenvalue weighted by molar-refractivity contribution is 7.15. The maximum atomic E-state index is 12.1. The summed E-state index contributed by atoms with van der Waals surface area (Å²) in [6, 6.07) is 8.46. The summed E-state index contributed by atoms with van der Waals surface area (Å²) in [6.07, 6.45) is 2.02. The van der Waals surface area contributed by atoms with Crippen LogP contribution in [0.2, 0.25) is 0 Å². The van der Waals surface area contributed by atoms with E-state index in [0.717, 1.165) is 21.1 Å². The Kier molecular flexibility index (Phi) is 5.06. The van der Waals surface area contributed by atoms with Gasteiger partial charge in [0.05, 0.1) is 12.1 Å². The van der Waals surface area contributed by atoms with Gasteiger partial charge < -0.3 is 5.32 Å². The van der Waals surface area contributed by atoms with Crippen LogP contribution in [-0.2, 0) is 11.2 Å². The normalized spacial score (nSPS) is 11.0. The number of rotatable bonds is 5. The Morgan fingerprint density at radius 2 is 2.00 bits per heavy atom. The second-order valence-corrected chi connectivity index (χ2v) is 8.01. The third-order valence-corrected chi connectivity index (χ3v) is 5.35. The number of hydrogen-bond acceptors (Lipinski definition) is 5. The number of amides is 1. The molecule has 2 heterocycles. The van der Waals surface area contributed by atoms with Crippen molar-refractivity contribution >= 4 is 33.7 Å². The van der Waals surface area contributed by atoms with Gasteiger partial charge in [0.15, 0.2) is 5.13 Å². The number of nitrogens with one attached hydrogen (secondary N) is 1. The van der Waals surface area contributed by atoms with Crippen molar-refractivity contribution in [3.8, 4) is 10.6 Å². The third kappa shape index (κ3) is 4.07. The zero-order valence-electron chi connectivity index (χ0n) is 13.9. The Bertz CT molecular complexity index is 834. The van der Waals surface area contributed by atoms with Crippen LogP contribution in [0.4, 0.5) is 5.13 Å². The van der Waals surface area contributed by atoms with Crippen LogP contribution in [0.5, 0.6) is 0 Å². The average molecular weight is 358 g/mol. The van der Waals surface area contributed by atoms with Gasteiger partial charge in [-0.25, -0.2) is 9.97 Å². The number of aromatic nitrogens is 2. The van der Waals surface area contributed by atoms with Crippen molar-refractivity contribution in [2.45, 2.75) is 33.1 Å². The van der Waals surface area contributed by atoms with Gasteiger partial charge in [-0.2, -0.15) is 0 Å². The second-order valence-electron chi connectivity index (χ2n) is 5.92. The third-order valence-electron chi connectivity index (χ3n) is 3.59. The molecule has 2 aromatic heterocycles. The first-order chi connectivity index (χ1) is 11.5. The van der Waals surface area contributed by atoms with E-state index in [9.17, 15) is 4.79 Å². The second kappa shape index (κ2) is 7.23. The molecule has 0 aliphatic heterocycles. The van der Waals surface area contributed by atoms with Gasteiger partial charge in [0.1, 0.15) is 5.01 Å². The van der Waals surface area contributed by atoms with Crippen molar-refractivity contribution in [3.63, 3.8) is 0 Å². The molecule has 0 bridgehead atoms. The fraction of sp³-hybridized carbons (Fsp3) is 0.278. The molecule has 1 aromatic carbocycles. The molecule has 1 N–H and O–H groups in total. The maximum Gasteiger partial charge on any atom is 0.232 e. The van der Waals surface area contributed by atoms with Gasteiger partial charge in [0.2, 0.25) is 5.91 Å². The van der Waals surface area contributed by atoms with Gasteiger partial charge in [-0.3, -0.25) is 4.79 Å². The quantitative estimate of drug-likeness (QED) is 0.708. The molecule has 3 aromatic rings. The molecule has 0 atom stereocenters. The monoisotopic (exact) mass is 357 g/mol. The van der Waals surface area contributed by atoms with Crippen molar-refractivity contribution in [2.75, 3.05) is 5.32 Å². The number of carbonyl (C=O) groups excluding carboxylic acids is 1. The molecule has 3 rings (SSSR count). The standard InChI is InChI=1S/C18H19N3OS2/c1-11(2)13-4-6-14(7-5-13)17-20-15(10-23-17)8-16(22)21-18-19-9-12(3)24-18/h4-7,9-11H,8H2,1-3H3,(H,19,21,22). The molecule has 124 valence electrons. The van der Waals surface area contributed by atoms with Crippen molar-refractivity contribution in [1.29, 1.82) is 0 Å². The maximum absolute atomic E-state index is 12.1. The molecular weight excluding hydrogens is 338 g/mol. The van der Waals surface area contributed by atoms with E-state index in [1.54, 1.807) is 17.5 Å². The van der Waals surface area contributed by atoms with Gasteiger partial charge in [0, 0.05) is 22.0 Å². The zero-order chi connectivity index (χ0) is 17.1. The number of carbonyl (C=O) groups is 1. The van der Waals surface area contributed by atoms with Crippen molar-refractivity contribution in [2.24, 2.45) is 0 Å². The molecule has 0 radical (unpaired) electrons. The average Bonchev–Trinajstić information content (AvgIpc) is 3.16. The minimum absolute atomic E-state index is 0.0867. The van der Waals surface area contributed by atoms with Gasteiger partial charge in [0.25, 0.3) is 0 Å². The Morgan fingerprint density at radius 3 is 2.62 bits per heavy atom. The predicted molar refractivity (Wildman–Crippen MR) is 101 cm³/mol. The lowest BCUT2D eigenvalue weighted by molar-refractivity contribution is -0.115. The van der Waals surface area contributed by atoms with E-state index in [2.05, 4.69) is 53.4 Å². The summed E-state index contributed by atoms with van der Waals surface area (Å²) >= 11 is 3.04. The van der Waals surface area contributed by atoms with E-state index in [1.165, 1.54) is 16.9 Å². The summed E-state index contributed by atoms with van der Waals surface area (Å²) in [4.78, 5) is 21.9. The summed E-state index contributed by atoms with van der Waals surface area (Å²) in [5, 5.41) is 6.34. The number of hydrogen-bond donors (Lipinski definition) is 1. The van der Waals surface area contributed by atoms with E-state index in [1.807, 2.05) is 12.3 Å². The van der Waals surface area contributed by atoms with Crippen LogP contribution in [0.25, 0.3) is 10.6 Å². The lowest BCUT2D eigenvalue weighted by atomic mass is 10.0. The largest absolute Gasteiger partial charge is 0.302 e. The van der Waals surface area contributed by atoms with Gasteiger partial charge in [-0.15, -0.1) is 22.7 Å². The van der Waals surface area contributed by atoms with Crippen LogP contribution in [0.1, 0.15) is 35.9 Å². The van der Waals surface area contributed by atoms with Crippen molar-refractivity contribution < 1.29 is 4.79 Å². The molecule has 0 saturated heterocycles. The lowest BCUT2D eigenvalue weighted by Gasteiger charge is -2.05. The zero-order valence-corrected chi connectivity index (χ0v) is 15.5. The van der Waals surface area contributed by atoms with E-state index in [4.69, 9.17) is 0 Å². The first kappa shape index (κ1) is 16.8. The molecule has 0 unspecified atom stereocenters. The SMILES string of the molecule is Cc1cnc(NC(=O)Cc2csc(-c3ccc(C(C)C)cc3)n2)s1. The molecule has 24 heavy (non-hydrogen) atoms. The summed E-state index contributed by atoms with van der Waals surface area (Å²) in [5.41, 5.74) is 3.19. The van der Waals surface area contributed by atoms with Crippen molar-refractivity contribution in [3.05, 3.63) is 52.0 Å². The van der Waals surface area contributed by atoms with Gasteiger partial charge >= 0.3 is 0 Å². The number of aryl methyl sites for hydroxylation is 1. The summed E-state index contributed by atoms with van der Waals surface area (Å²) < 4.78 is 0. The highest BCUT2D eigenvalue weighted by atomic mass is 32.1. The lowest BCUT2D eigenvalue weighted by Crippen LogP contribution is -2.14. The Labute approximate surface area is 149 Å². The molecule has 0 fully saturated rings. The summed E-state index contributed by atoms with van der Waals surface area (Å²) in [5.74, 6) is 0.431. The first-order valence-corrected chi connectivity index (χ1v) is 9.48. The Balaban J connectivity index is 1.65. The minimum atomic E-state index is -0.0867. The van der Waals surface area contributed by atoms with Crippen molar-refractivity contribution in [1.82, 2.24) is 9.97 Å². The number of anilines is 1. The fourth-order valence-electron chi connectivity index (χ4n) is 2.27. The van der Waals surface area contributed by atoms with Crippen LogP contribution < -0.4 is 5.32 Å². The smallest absolute Gasteiger partial charge is 0.232 e. The molecular formula is C18H19N3OS2. The van der Waals surface area contributed by atoms with E-state index < -0.39 is 0 Å². The fourth-order valence-corrected chi connectivity index (χ4v) is 3.78. The predicted octanol–water partition coefficient (Wildman–Crippen LogP) is 4.88. The summed E-state index contributed by atoms with van der Waals surface area (Å²) in [7, 11) is 0. The highest BCUT2D eigenvalue weighted by Gasteiger charge is 2.11. The Hall–Kier alpha value is -2.05. The van der Waals surface area contributed by atoms with Gasteiger partial charge in [-0.1, -0.05) is 38.1 Å². The first-order valence-electron chi connectivity index (χ1n) is 7.78. The van der Waals surface area contributed by atoms with E-state index in [0.29, 0.717) is 11.0 Å². The van der Waals surface area contributed by atoms with Crippen LogP contribution in [0, 0.1) is 6.92 Å². The van der Waals surface area contributed by atoms with Gasteiger partial charge in [-0.05, 0) is 18.4 Å². The van der Waals surface area contributed by atoms with E-state index in [-0.39, 0.29) is 12.3 Å². The number of thiazole rings is 2. The molecule has 4 nitrogen and oxygen atoms in total. The number of benzene rings is 1. The number of nitrogens with zero attached hydrogens (tertiary/aromatic N) is 2. The van der Waals surface area contributed by atoms with Crippen LogP contribution >= 0.6 is 22.7 Å². The molecule has 0 aliphatic rings. The summed E-state index contributed by atoms with van der Waals surface area (Å²) in [6.45, 7) is 6.32. The van der Waals surface area contributed by atoms with E-state index >= 15 is 0 Å². The molecule has 6 heteroatoms. The molecule has 1 amide bonds. The van der Waals surface area contributed by atoms with Crippen LogP contribution in [-0.4, -0.2) is 15.9 Å². The molecule has 0 aliphatic carbocycles. The minimum Gasteiger partial charge on any atom is -0.302 e. The molecule has 0 spiro atoms. The Morgan fingerprint density at radius 1 is 1.25 bits per heavy atom.